The van der Waals surface area contributed by atoms with E-state index >= 15 is 0 Å². The number of carbonyl (C=O) groups is 1. The highest BCUT2D eigenvalue weighted by atomic mass is 79.9. The number of benzene rings is 1. The van der Waals surface area contributed by atoms with E-state index in [1.807, 2.05) is 31.2 Å². The van der Waals surface area contributed by atoms with E-state index in [9.17, 15) is 4.79 Å². The first-order chi connectivity index (χ1) is 10.1. The third-order valence-electron chi connectivity index (χ3n) is 3.23. The summed E-state index contributed by atoms with van der Waals surface area (Å²) in [5.74, 6) is 0.0865. The van der Waals surface area contributed by atoms with Gasteiger partial charge < -0.3 is 5.32 Å². The number of nitrogens with zero attached hydrogens (tertiary/aromatic N) is 1. The monoisotopic (exact) mass is 346 g/mol. The fourth-order valence-electron chi connectivity index (χ4n) is 2.18. The number of aryl methyl sites for hydroxylation is 1. The first-order valence-corrected chi connectivity index (χ1v) is 7.85. The highest BCUT2D eigenvalue weighted by Gasteiger charge is 2.08. The summed E-state index contributed by atoms with van der Waals surface area (Å²) in [6.07, 6.45) is 5.61. The number of hydrogen-bond acceptors (Lipinski definition) is 2. The molecule has 2 aromatic rings. The highest BCUT2D eigenvalue weighted by molar-refractivity contribution is 9.10. The number of halogens is 1. The Morgan fingerprint density at radius 3 is 2.67 bits per heavy atom. The summed E-state index contributed by atoms with van der Waals surface area (Å²) in [6, 6.07) is 12.2. The quantitative estimate of drug-likeness (QED) is 0.869. The number of amides is 1. The van der Waals surface area contributed by atoms with Crippen LogP contribution in [0.3, 0.4) is 0 Å². The van der Waals surface area contributed by atoms with Crippen LogP contribution in [0.2, 0.25) is 0 Å². The van der Waals surface area contributed by atoms with Crippen LogP contribution in [0.15, 0.2) is 53.3 Å². The molecule has 1 heterocycles. The lowest BCUT2D eigenvalue weighted by Crippen LogP contribution is -2.34. The molecule has 1 atom stereocenters. The normalized spacial score (nSPS) is 11.9. The van der Waals surface area contributed by atoms with Gasteiger partial charge in [-0.1, -0.05) is 34.1 Å². The van der Waals surface area contributed by atoms with E-state index in [1.54, 1.807) is 12.4 Å². The van der Waals surface area contributed by atoms with Crippen LogP contribution in [-0.4, -0.2) is 16.9 Å². The number of aromatic nitrogens is 1. The smallest absolute Gasteiger partial charge is 0.220 e. The maximum Gasteiger partial charge on any atom is 0.220 e. The first kappa shape index (κ1) is 15.7. The van der Waals surface area contributed by atoms with Gasteiger partial charge in [0.25, 0.3) is 0 Å². The molecule has 0 aliphatic rings. The van der Waals surface area contributed by atoms with Gasteiger partial charge in [0, 0.05) is 29.3 Å². The molecule has 1 N–H and O–H groups in total. The maximum absolute atomic E-state index is 11.9. The van der Waals surface area contributed by atoms with Crippen molar-refractivity contribution in [1.29, 1.82) is 0 Å². The predicted octanol–water partition coefficient (Wildman–Crippen LogP) is 3.52. The van der Waals surface area contributed by atoms with E-state index in [0.29, 0.717) is 6.42 Å². The second-order valence-electron chi connectivity index (χ2n) is 5.16. The van der Waals surface area contributed by atoms with Crippen molar-refractivity contribution in [3.8, 4) is 0 Å². The van der Waals surface area contributed by atoms with Crippen LogP contribution in [0.5, 0.6) is 0 Å². The second kappa shape index (κ2) is 7.93. The minimum atomic E-state index is 0.0865. The molecule has 3 nitrogen and oxygen atoms in total. The van der Waals surface area contributed by atoms with E-state index < -0.39 is 0 Å². The van der Waals surface area contributed by atoms with Crippen molar-refractivity contribution < 1.29 is 4.79 Å². The Bertz CT molecular complexity index is 569. The molecule has 110 valence electrons. The largest absolute Gasteiger partial charge is 0.353 e. The molecule has 0 unspecified atom stereocenters. The van der Waals surface area contributed by atoms with Crippen LogP contribution >= 0.6 is 15.9 Å². The van der Waals surface area contributed by atoms with Crippen LogP contribution in [0.1, 0.15) is 24.5 Å². The predicted molar refractivity (Wildman–Crippen MR) is 88.0 cm³/mol. The van der Waals surface area contributed by atoms with E-state index in [0.717, 1.165) is 22.9 Å². The molecule has 0 saturated heterocycles. The van der Waals surface area contributed by atoms with Crippen LogP contribution in [0.25, 0.3) is 0 Å². The van der Waals surface area contributed by atoms with Crippen molar-refractivity contribution in [2.45, 2.75) is 32.2 Å². The zero-order valence-electron chi connectivity index (χ0n) is 12.1. The molecular weight excluding hydrogens is 328 g/mol. The molecule has 4 heteroatoms. The van der Waals surface area contributed by atoms with Crippen molar-refractivity contribution in [2.24, 2.45) is 0 Å². The summed E-state index contributed by atoms with van der Waals surface area (Å²) in [4.78, 5) is 16.0. The van der Waals surface area contributed by atoms with Crippen LogP contribution < -0.4 is 5.32 Å². The molecule has 2 rings (SSSR count). The van der Waals surface area contributed by atoms with Gasteiger partial charge in [0.05, 0.1) is 0 Å². The molecule has 1 aromatic carbocycles. The Balaban J connectivity index is 1.75. The van der Waals surface area contributed by atoms with Gasteiger partial charge in [-0.25, -0.2) is 0 Å². The van der Waals surface area contributed by atoms with E-state index in [2.05, 4.69) is 38.4 Å². The Labute approximate surface area is 133 Å². The van der Waals surface area contributed by atoms with Crippen LogP contribution in [-0.2, 0) is 17.6 Å². The third-order valence-corrected chi connectivity index (χ3v) is 3.75. The van der Waals surface area contributed by atoms with Crippen LogP contribution in [0.4, 0.5) is 0 Å². The number of hydrogen-bond donors (Lipinski definition) is 1. The Morgan fingerprint density at radius 2 is 2.00 bits per heavy atom. The van der Waals surface area contributed by atoms with Gasteiger partial charge in [0.2, 0.25) is 5.91 Å². The minimum absolute atomic E-state index is 0.0865. The topological polar surface area (TPSA) is 42.0 Å². The number of pyridine rings is 1. The molecule has 0 saturated carbocycles. The molecule has 0 aliphatic carbocycles. The fraction of sp³-hybridized carbons (Fsp3) is 0.294. The average molecular weight is 347 g/mol. The van der Waals surface area contributed by atoms with Gasteiger partial charge in [-0.2, -0.15) is 0 Å². The molecule has 1 amide bonds. The van der Waals surface area contributed by atoms with Gasteiger partial charge in [0.1, 0.15) is 0 Å². The SMILES string of the molecule is C[C@@H](Cc1ccc(Br)cc1)NC(=O)CCc1cccnc1. The summed E-state index contributed by atoms with van der Waals surface area (Å²) in [6.45, 7) is 2.03. The number of nitrogens with one attached hydrogen (secondary N) is 1. The molecule has 0 bridgehead atoms. The Hall–Kier alpha value is -1.68. The maximum atomic E-state index is 11.9. The van der Waals surface area contributed by atoms with Gasteiger partial charge in [-0.05, 0) is 49.1 Å². The van der Waals surface area contributed by atoms with Crippen molar-refractivity contribution in [1.82, 2.24) is 10.3 Å². The van der Waals surface area contributed by atoms with Crippen LogP contribution in [0, 0.1) is 0 Å². The standard InChI is InChI=1S/C17H19BrN2O/c1-13(11-14-4-7-16(18)8-5-14)20-17(21)9-6-15-3-2-10-19-12-15/h2-5,7-8,10,12-13H,6,9,11H2,1H3,(H,20,21)/t13-/m0/s1. The molecular formula is C17H19BrN2O. The van der Waals surface area contributed by atoms with Gasteiger partial charge in [-0.15, -0.1) is 0 Å². The van der Waals surface area contributed by atoms with Gasteiger partial charge in [-0.3, -0.25) is 9.78 Å². The molecule has 0 aliphatic heterocycles. The lowest BCUT2D eigenvalue weighted by molar-refractivity contribution is -0.121. The van der Waals surface area contributed by atoms with Crippen molar-refractivity contribution in [3.05, 3.63) is 64.4 Å². The fourth-order valence-corrected chi connectivity index (χ4v) is 2.44. The van der Waals surface area contributed by atoms with Crippen molar-refractivity contribution in [3.63, 3.8) is 0 Å². The number of carbonyl (C=O) groups excluding carboxylic acids is 1. The first-order valence-electron chi connectivity index (χ1n) is 7.06. The number of rotatable bonds is 6. The molecule has 0 fully saturated rings. The summed E-state index contributed by atoms with van der Waals surface area (Å²) in [5, 5.41) is 3.04. The van der Waals surface area contributed by atoms with Crippen molar-refractivity contribution >= 4 is 21.8 Å². The zero-order valence-corrected chi connectivity index (χ0v) is 13.6. The lowest BCUT2D eigenvalue weighted by atomic mass is 10.1. The molecule has 0 spiro atoms. The highest BCUT2D eigenvalue weighted by Crippen LogP contribution is 2.12. The van der Waals surface area contributed by atoms with E-state index in [-0.39, 0.29) is 11.9 Å². The van der Waals surface area contributed by atoms with E-state index in [4.69, 9.17) is 0 Å². The summed E-state index contributed by atoms with van der Waals surface area (Å²) in [7, 11) is 0. The Kier molecular flexibility index (Phi) is 5.93. The average Bonchev–Trinajstić information content (AvgIpc) is 2.48. The Morgan fingerprint density at radius 1 is 1.24 bits per heavy atom. The third kappa shape index (κ3) is 5.68. The zero-order chi connectivity index (χ0) is 15.1. The molecule has 21 heavy (non-hydrogen) atoms. The lowest BCUT2D eigenvalue weighted by Gasteiger charge is -2.14. The molecule has 1 aromatic heterocycles. The second-order valence-corrected chi connectivity index (χ2v) is 6.08. The summed E-state index contributed by atoms with van der Waals surface area (Å²) < 4.78 is 1.07. The van der Waals surface area contributed by atoms with Crippen molar-refractivity contribution in [2.75, 3.05) is 0 Å². The summed E-state index contributed by atoms with van der Waals surface area (Å²) >= 11 is 3.42. The van der Waals surface area contributed by atoms with Gasteiger partial charge >= 0.3 is 0 Å². The van der Waals surface area contributed by atoms with E-state index in [1.165, 1.54) is 5.56 Å². The molecule has 0 radical (unpaired) electrons. The minimum Gasteiger partial charge on any atom is -0.353 e. The summed E-state index contributed by atoms with van der Waals surface area (Å²) in [5.41, 5.74) is 2.31. The van der Waals surface area contributed by atoms with Gasteiger partial charge in [0.15, 0.2) is 0 Å².